The highest BCUT2D eigenvalue weighted by atomic mass is 19.1. The maximum absolute atomic E-state index is 13.3. The molecule has 0 saturated heterocycles. The van der Waals surface area contributed by atoms with Gasteiger partial charge < -0.3 is 14.3 Å². The Morgan fingerprint density at radius 1 is 1.39 bits per heavy atom. The fraction of sp³-hybridized carbons (Fsp3) is 0.188. The van der Waals surface area contributed by atoms with Crippen molar-refractivity contribution in [1.29, 1.82) is 5.26 Å². The minimum absolute atomic E-state index is 0.159. The number of aromatic nitrogens is 3. The third-order valence-corrected chi connectivity index (χ3v) is 3.24. The molecular formula is C16H14FN5O. The van der Waals surface area contributed by atoms with Crippen LogP contribution in [0, 0.1) is 17.1 Å². The molecule has 0 fully saturated rings. The smallest absolute Gasteiger partial charge is 0.232 e. The van der Waals surface area contributed by atoms with Crippen molar-refractivity contribution in [2.24, 2.45) is 0 Å². The Hall–Kier alpha value is -3.14. The predicted molar refractivity (Wildman–Crippen MR) is 81.9 cm³/mol. The summed E-state index contributed by atoms with van der Waals surface area (Å²) in [5.74, 6) is 0.143. The molecule has 3 aromatic rings. The molecule has 23 heavy (non-hydrogen) atoms. The van der Waals surface area contributed by atoms with Crippen LogP contribution in [0.15, 0.2) is 47.4 Å². The van der Waals surface area contributed by atoms with E-state index >= 15 is 0 Å². The molecule has 1 N–H and O–H groups in total. The van der Waals surface area contributed by atoms with E-state index in [0.29, 0.717) is 18.0 Å². The zero-order valence-electron chi connectivity index (χ0n) is 12.2. The minimum atomic E-state index is -0.381. The monoisotopic (exact) mass is 311 g/mol. The standard InChI is InChI=1S/C16H14FN5O/c17-13-4-1-3-12(9-13)15-21-14(10-18)16(23-15)20-5-2-7-22-8-6-19-11-22/h1,3-4,6,8-9,11,20H,2,5,7H2. The summed E-state index contributed by atoms with van der Waals surface area (Å²) < 4.78 is 20.8. The quantitative estimate of drug-likeness (QED) is 0.708. The van der Waals surface area contributed by atoms with E-state index < -0.39 is 0 Å². The molecule has 0 unspecified atom stereocenters. The molecule has 0 aliphatic heterocycles. The first-order valence-corrected chi connectivity index (χ1v) is 7.13. The number of hydrogen-bond acceptors (Lipinski definition) is 5. The van der Waals surface area contributed by atoms with Gasteiger partial charge in [-0.3, -0.25) is 0 Å². The summed E-state index contributed by atoms with van der Waals surface area (Å²) in [7, 11) is 0. The van der Waals surface area contributed by atoms with Gasteiger partial charge in [-0.15, -0.1) is 0 Å². The normalized spacial score (nSPS) is 10.4. The summed E-state index contributed by atoms with van der Waals surface area (Å²) in [6, 6.07) is 7.88. The topological polar surface area (TPSA) is 79.7 Å². The third kappa shape index (κ3) is 3.55. The largest absolute Gasteiger partial charge is 0.419 e. The molecule has 2 heterocycles. The van der Waals surface area contributed by atoms with Crippen molar-refractivity contribution in [3.63, 3.8) is 0 Å². The number of halogens is 1. The molecule has 0 bridgehead atoms. The van der Waals surface area contributed by atoms with Crippen LogP contribution < -0.4 is 5.32 Å². The van der Waals surface area contributed by atoms with E-state index in [-0.39, 0.29) is 17.4 Å². The van der Waals surface area contributed by atoms with Gasteiger partial charge in [0.15, 0.2) is 0 Å². The number of nitrogens with one attached hydrogen (secondary N) is 1. The number of anilines is 1. The summed E-state index contributed by atoms with van der Waals surface area (Å²) >= 11 is 0. The molecule has 3 rings (SSSR count). The number of rotatable bonds is 6. The van der Waals surface area contributed by atoms with Gasteiger partial charge in [-0.1, -0.05) is 6.07 Å². The van der Waals surface area contributed by atoms with Crippen LogP contribution in [-0.4, -0.2) is 21.1 Å². The van der Waals surface area contributed by atoms with E-state index in [0.717, 1.165) is 13.0 Å². The van der Waals surface area contributed by atoms with Crippen LogP contribution in [0.2, 0.25) is 0 Å². The van der Waals surface area contributed by atoms with Crippen LogP contribution in [0.3, 0.4) is 0 Å². The zero-order valence-corrected chi connectivity index (χ0v) is 12.2. The van der Waals surface area contributed by atoms with Crippen molar-refractivity contribution in [1.82, 2.24) is 14.5 Å². The highest BCUT2D eigenvalue weighted by Crippen LogP contribution is 2.25. The average Bonchev–Trinajstić information content (AvgIpc) is 3.21. The van der Waals surface area contributed by atoms with Crippen molar-refractivity contribution >= 4 is 5.88 Å². The number of nitriles is 1. The lowest BCUT2D eigenvalue weighted by molar-refractivity contribution is 0.576. The Labute approximate surface area is 132 Å². The summed E-state index contributed by atoms with van der Waals surface area (Å²) in [6.07, 6.45) is 6.19. The second-order valence-electron chi connectivity index (χ2n) is 4.90. The average molecular weight is 311 g/mol. The zero-order chi connectivity index (χ0) is 16.1. The van der Waals surface area contributed by atoms with Crippen molar-refractivity contribution in [3.05, 3.63) is 54.5 Å². The van der Waals surface area contributed by atoms with Crippen LogP contribution in [0.4, 0.5) is 10.3 Å². The van der Waals surface area contributed by atoms with Gasteiger partial charge in [-0.25, -0.2) is 9.37 Å². The number of oxazole rings is 1. The van der Waals surface area contributed by atoms with E-state index in [1.807, 2.05) is 16.8 Å². The number of aryl methyl sites for hydroxylation is 1. The fourth-order valence-electron chi connectivity index (χ4n) is 2.14. The molecule has 2 aromatic heterocycles. The summed E-state index contributed by atoms with van der Waals surface area (Å²) in [4.78, 5) is 8.07. The summed E-state index contributed by atoms with van der Waals surface area (Å²) in [5.41, 5.74) is 0.653. The Morgan fingerprint density at radius 2 is 2.30 bits per heavy atom. The van der Waals surface area contributed by atoms with Crippen LogP contribution in [0.25, 0.3) is 11.5 Å². The van der Waals surface area contributed by atoms with Gasteiger partial charge in [-0.05, 0) is 24.6 Å². The van der Waals surface area contributed by atoms with Crippen molar-refractivity contribution in [2.45, 2.75) is 13.0 Å². The Balaban J connectivity index is 1.66. The predicted octanol–water partition coefficient (Wildman–Crippen LogP) is 3.05. The van der Waals surface area contributed by atoms with E-state index in [2.05, 4.69) is 15.3 Å². The van der Waals surface area contributed by atoms with E-state index in [1.165, 1.54) is 12.1 Å². The van der Waals surface area contributed by atoms with E-state index in [4.69, 9.17) is 9.68 Å². The van der Waals surface area contributed by atoms with Gasteiger partial charge in [0, 0.05) is 31.0 Å². The number of nitrogens with zero attached hydrogens (tertiary/aromatic N) is 4. The van der Waals surface area contributed by atoms with E-state index in [1.54, 1.807) is 24.7 Å². The molecule has 0 amide bonds. The first kappa shape index (κ1) is 14.8. The molecule has 0 atom stereocenters. The van der Waals surface area contributed by atoms with Gasteiger partial charge in [0.05, 0.1) is 6.33 Å². The second-order valence-corrected chi connectivity index (χ2v) is 4.90. The molecule has 6 nitrogen and oxygen atoms in total. The number of hydrogen-bond donors (Lipinski definition) is 1. The molecule has 116 valence electrons. The van der Waals surface area contributed by atoms with Crippen molar-refractivity contribution < 1.29 is 8.81 Å². The highest BCUT2D eigenvalue weighted by Gasteiger charge is 2.14. The van der Waals surface area contributed by atoms with E-state index in [9.17, 15) is 4.39 Å². The second kappa shape index (κ2) is 6.75. The molecule has 0 spiro atoms. The molecule has 0 aliphatic carbocycles. The van der Waals surface area contributed by atoms with Gasteiger partial charge in [0.25, 0.3) is 0 Å². The lowest BCUT2D eigenvalue weighted by Crippen LogP contribution is -2.06. The van der Waals surface area contributed by atoms with Gasteiger partial charge >= 0.3 is 0 Å². The highest BCUT2D eigenvalue weighted by molar-refractivity contribution is 5.58. The molecule has 7 heteroatoms. The molecule has 1 aromatic carbocycles. The fourth-order valence-corrected chi connectivity index (χ4v) is 2.14. The Morgan fingerprint density at radius 3 is 3.04 bits per heavy atom. The number of imidazole rings is 1. The Bertz CT molecular complexity index is 819. The van der Waals surface area contributed by atoms with Gasteiger partial charge in [0.1, 0.15) is 11.9 Å². The Kier molecular flexibility index (Phi) is 4.34. The van der Waals surface area contributed by atoms with Gasteiger partial charge in [0.2, 0.25) is 17.5 Å². The SMILES string of the molecule is N#Cc1nc(-c2cccc(F)c2)oc1NCCCn1ccnc1. The lowest BCUT2D eigenvalue weighted by atomic mass is 10.2. The van der Waals surface area contributed by atoms with Crippen LogP contribution in [-0.2, 0) is 6.54 Å². The van der Waals surface area contributed by atoms with Crippen molar-refractivity contribution in [2.75, 3.05) is 11.9 Å². The molecular weight excluding hydrogens is 297 g/mol. The third-order valence-electron chi connectivity index (χ3n) is 3.24. The number of benzene rings is 1. The molecule has 0 saturated carbocycles. The summed E-state index contributed by atoms with van der Waals surface area (Å²) in [6.45, 7) is 1.42. The first-order chi connectivity index (χ1) is 11.3. The van der Waals surface area contributed by atoms with Crippen LogP contribution >= 0.6 is 0 Å². The molecule has 0 radical (unpaired) electrons. The van der Waals surface area contributed by atoms with Gasteiger partial charge in [-0.2, -0.15) is 10.2 Å². The lowest BCUT2D eigenvalue weighted by Gasteiger charge is -2.03. The van der Waals surface area contributed by atoms with Crippen molar-refractivity contribution in [3.8, 4) is 17.5 Å². The van der Waals surface area contributed by atoms with Crippen LogP contribution in [0.5, 0.6) is 0 Å². The minimum Gasteiger partial charge on any atom is -0.419 e. The molecule has 0 aliphatic rings. The first-order valence-electron chi connectivity index (χ1n) is 7.13. The summed E-state index contributed by atoms with van der Waals surface area (Å²) in [5, 5.41) is 12.2. The van der Waals surface area contributed by atoms with Crippen LogP contribution in [0.1, 0.15) is 12.1 Å². The maximum Gasteiger partial charge on any atom is 0.232 e. The maximum atomic E-state index is 13.3.